The molecule has 3 atom stereocenters. The van der Waals surface area contributed by atoms with Crippen LogP contribution in [-0.4, -0.2) is 46.9 Å². The topological polar surface area (TPSA) is 86.7 Å². The SMILES string of the molecule is CCN1C(=O)CC(NCC2CCCCC2C(=O)O)C1=O. The number of carbonyl (C=O) groups excluding carboxylic acids is 2. The Kier molecular flexibility index (Phi) is 4.75. The van der Waals surface area contributed by atoms with Gasteiger partial charge in [0.15, 0.2) is 0 Å². The van der Waals surface area contributed by atoms with E-state index in [4.69, 9.17) is 0 Å². The van der Waals surface area contributed by atoms with Gasteiger partial charge in [0.2, 0.25) is 11.8 Å². The maximum Gasteiger partial charge on any atom is 0.306 e. The standard InChI is InChI=1S/C14H22N2O4/c1-2-16-12(17)7-11(13(16)18)15-8-9-5-3-4-6-10(9)14(19)20/h9-11,15H,2-8H2,1H3,(H,19,20). The molecule has 1 saturated heterocycles. The average Bonchev–Trinajstić information content (AvgIpc) is 2.70. The molecule has 1 aliphatic heterocycles. The van der Waals surface area contributed by atoms with Crippen LogP contribution >= 0.6 is 0 Å². The van der Waals surface area contributed by atoms with E-state index < -0.39 is 12.0 Å². The van der Waals surface area contributed by atoms with E-state index in [1.807, 2.05) is 0 Å². The van der Waals surface area contributed by atoms with Gasteiger partial charge >= 0.3 is 5.97 Å². The molecule has 1 aliphatic carbocycles. The molecule has 2 N–H and O–H groups in total. The molecular weight excluding hydrogens is 260 g/mol. The van der Waals surface area contributed by atoms with Gasteiger partial charge in [-0.1, -0.05) is 12.8 Å². The average molecular weight is 282 g/mol. The number of nitrogens with one attached hydrogen (secondary N) is 1. The highest BCUT2D eigenvalue weighted by atomic mass is 16.4. The molecule has 0 bridgehead atoms. The van der Waals surface area contributed by atoms with Crippen LogP contribution in [0.15, 0.2) is 0 Å². The minimum absolute atomic E-state index is 0.0554. The number of aliphatic carboxylic acids is 1. The Hall–Kier alpha value is -1.43. The van der Waals surface area contributed by atoms with E-state index in [1.54, 1.807) is 6.92 Å². The predicted octanol–water partition coefficient (Wildman–Crippen LogP) is 0.614. The summed E-state index contributed by atoms with van der Waals surface area (Å²) in [5.41, 5.74) is 0. The number of imide groups is 1. The summed E-state index contributed by atoms with van der Waals surface area (Å²) in [5.74, 6) is -1.35. The first kappa shape index (κ1) is 15.0. The van der Waals surface area contributed by atoms with Crippen LogP contribution in [0.25, 0.3) is 0 Å². The second kappa shape index (κ2) is 6.35. The first-order chi connectivity index (χ1) is 9.54. The van der Waals surface area contributed by atoms with Crippen LogP contribution < -0.4 is 5.32 Å². The number of likely N-dealkylation sites (tertiary alicyclic amines) is 1. The lowest BCUT2D eigenvalue weighted by Crippen LogP contribution is -2.43. The van der Waals surface area contributed by atoms with Crippen molar-refractivity contribution in [3.05, 3.63) is 0 Å². The summed E-state index contributed by atoms with van der Waals surface area (Å²) in [6, 6.07) is -0.473. The van der Waals surface area contributed by atoms with Gasteiger partial charge in [-0.15, -0.1) is 0 Å². The van der Waals surface area contributed by atoms with E-state index in [0.717, 1.165) is 19.3 Å². The molecule has 2 fully saturated rings. The summed E-state index contributed by atoms with van der Waals surface area (Å²) < 4.78 is 0. The molecular formula is C14H22N2O4. The minimum atomic E-state index is -0.750. The fourth-order valence-electron chi connectivity index (χ4n) is 3.25. The van der Waals surface area contributed by atoms with Crippen molar-refractivity contribution in [2.75, 3.05) is 13.1 Å². The van der Waals surface area contributed by atoms with E-state index in [-0.39, 0.29) is 30.1 Å². The second-order valence-corrected chi connectivity index (χ2v) is 5.63. The zero-order chi connectivity index (χ0) is 14.7. The summed E-state index contributed by atoms with van der Waals surface area (Å²) in [6.45, 7) is 2.68. The number of carboxylic acids is 1. The lowest BCUT2D eigenvalue weighted by Gasteiger charge is -2.29. The van der Waals surface area contributed by atoms with Gasteiger partial charge in [-0.2, -0.15) is 0 Å². The van der Waals surface area contributed by atoms with Crippen molar-refractivity contribution in [1.82, 2.24) is 10.2 Å². The second-order valence-electron chi connectivity index (χ2n) is 5.63. The third-order valence-electron chi connectivity index (χ3n) is 4.41. The summed E-state index contributed by atoms with van der Waals surface area (Å²) in [7, 11) is 0. The van der Waals surface area contributed by atoms with Crippen LogP contribution in [0, 0.1) is 11.8 Å². The van der Waals surface area contributed by atoms with Crippen molar-refractivity contribution in [3.63, 3.8) is 0 Å². The van der Waals surface area contributed by atoms with Gasteiger partial charge in [0.25, 0.3) is 0 Å². The lowest BCUT2D eigenvalue weighted by atomic mass is 9.79. The Morgan fingerprint density at radius 3 is 2.65 bits per heavy atom. The highest BCUT2D eigenvalue weighted by Gasteiger charge is 2.38. The van der Waals surface area contributed by atoms with Gasteiger partial charge in [-0.3, -0.25) is 19.3 Å². The molecule has 6 heteroatoms. The largest absolute Gasteiger partial charge is 0.481 e. The van der Waals surface area contributed by atoms with Gasteiger partial charge in [0.1, 0.15) is 0 Å². The van der Waals surface area contributed by atoms with E-state index in [2.05, 4.69) is 5.32 Å². The van der Waals surface area contributed by atoms with E-state index in [9.17, 15) is 19.5 Å². The number of amides is 2. The Balaban J connectivity index is 1.90. The molecule has 0 radical (unpaired) electrons. The number of hydrogen-bond donors (Lipinski definition) is 2. The Labute approximate surface area is 118 Å². The summed E-state index contributed by atoms with van der Waals surface area (Å²) in [5, 5.41) is 12.3. The number of nitrogens with zero attached hydrogens (tertiary/aromatic N) is 1. The summed E-state index contributed by atoms with van der Waals surface area (Å²) in [6.07, 6.45) is 3.76. The van der Waals surface area contributed by atoms with E-state index in [1.165, 1.54) is 4.90 Å². The zero-order valence-electron chi connectivity index (χ0n) is 11.8. The molecule has 0 aromatic heterocycles. The molecule has 6 nitrogen and oxygen atoms in total. The van der Waals surface area contributed by atoms with Crippen molar-refractivity contribution in [1.29, 1.82) is 0 Å². The first-order valence-corrected chi connectivity index (χ1v) is 7.35. The van der Waals surface area contributed by atoms with Crippen LogP contribution in [0.3, 0.4) is 0 Å². The Morgan fingerprint density at radius 1 is 1.35 bits per heavy atom. The van der Waals surface area contributed by atoms with Crippen LogP contribution in [0.2, 0.25) is 0 Å². The maximum absolute atomic E-state index is 12.0. The third-order valence-corrected chi connectivity index (χ3v) is 4.41. The fourth-order valence-corrected chi connectivity index (χ4v) is 3.25. The number of likely N-dealkylation sites (N-methyl/N-ethyl adjacent to an activating group) is 1. The van der Waals surface area contributed by atoms with Gasteiger partial charge in [0, 0.05) is 6.54 Å². The molecule has 0 aromatic carbocycles. The molecule has 3 unspecified atom stereocenters. The van der Waals surface area contributed by atoms with Crippen LogP contribution in [0.4, 0.5) is 0 Å². The van der Waals surface area contributed by atoms with E-state index in [0.29, 0.717) is 19.5 Å². The third kappa shape index (κ3) is 3.00. The molecule has 2 aliphatic rings. The maximum atomic E-state index is 12.0. The lowest BCUT2D eigenvalue weighted by molar-refractivity contribution is -0.144. The zero-order valence-corrected chi connectivity index (χ0v) is 11.8. The van der Waals surface area contributed by atoms with Crippen molar-refractivity contribution in [3.8, 4) is 0 Å². The quantitative estimate of drug-likeness (QED) is 0.722. The van der Waals surface area contributed by atoms with Crippen LogP contribution in [-0.2, 0) is 14.4 Å². The number of hydrogen-bond acceptors (Lipinski definition) is 4. The highest BCUT2D eigenvalue weighted by molar-refractivity contribution is 6.05. The molecule has 1 heterocycles. The minimum Gasteiger partial charge on any atom is -0.481 e. The van der Waals surface area contributed by atoms with Crippen molar-refractivity contribution in [2.45, 2.75) is 45.1 Å². The van der Waals surface area contributed by atoms with Crippen molar-refractivity contribution < 1.29 is 19.5 Å². The van der Waals surface area contributed by atoms with Crippen LogP contribution in [0.5, 0.6) is 0 Å². The molecule has 1 saturated carbocycles. The molecule has 2 amide bonds. The van der Waals surface area contributed by atoms with Crippen molar-refractivity contribution in [2.24, 2.45) is 11.8 Å². The molecule has 0 aromatic rings. The Bertz CT molecular complexity index is 410. The van der Waals surface area contributed by atoms with E-state index >= 15 is 0 Å². The van der Waals surface area contributed by atoms with Gasteiger partial charge in [0.05, 0.1) is 18.4 Å². The molecule has 2 rings (SSSR count). The number of rotatable bonds is 5. The molecule has 0 spiro atoms. The predicted molar refractivity (Wildman–Crippen MR) is 71.9 cm³/mol. The normalized spacial score (nSPS) is 30.9. The van der Waals surface area contributed by atoms with Crippen LogP contribution in [0.1, 0.15) is 39.0 Å². The van der Waals surface area contributed by atoms with Gasteiger partial charge in [-0.25, -0.2) is 0 Å². The fraction of sp³-hybridized carbons (Fsp3) is 0.786. The van der Waals surface area contributed by atoms with Gasteiger partial charge in [-0.05, 0) is 32.2 Å². The van der Waals surface area contributed by atoms with Crippen molar-refractivity contribution >= 4 is 17.8 Å². The first-order valence-electron chi connectivity index (χ1n) is 7.35. The molecule has 112 valence electrons. The molecule has 20 heavy (non-hydrogen) atoms. The highest BCUT2D eigenvalue weighted by Crippen LogP contribution is 2.30. The van der Waals surface area contributed by atoms with Gasteiger partial charge < -0.3 is 10.4 Å². The summed E-state index contributed by atoms with van der Waals surface area (Å²) in [4.78, 5) is 36.1. The Morgan fingerprint density at radius 2 is 2.05 bits per heavy atom. The summed E-state index contributed by atoms with van der Waals surface area (Å²) >= 11 is 0. The number of carboxylic acid groups (broad SMARTS) is 1. The number of carbonyl (C=O) groups is 3. The smallest absolute Gasteiger partial charge is 0.306 e. The monoisotopic (exact) mass is 282 g/mol.